The largest absolute Gasteiger partial charge is 0.479 e. The molecule has 0 aliphatic rings. The van der Waals surface area contributed by atoms with Gasteiger partial charge in [-0.3, -0.25) is 0 Å². The van der Waals surface area contributed by atoms with E-state index in [1.54, 1.807) is 0 Å². The van der Waals surface area contributed by atoms with Gasteiger partial charge in [0.1, 0.15) is 0 Å². The fraction of sp³-hybridized carbons (Fsp3) is 0.962. The van der Waals surface area contributed by atoms with Crippen LogP contribution in [0.1, 0.15) is 149 Å². The SMILES string of the molecule is CCCCCCCCC(CCCCCC)CCCCCCCCCC(O)C(=O)O. The van der Waals surface area contributed by atoms with E-state index >= 15 is 0 Å². The average molecular weight is 413 g/mol. The second-order valence-electron chi connectivity index (χ2n) is 9.18. The molecule has 174 valence electrons. The van der Waals surface area contributed by atoms with Gasteiger partial charge in [-0.15, -0.1) is 0 Å². The van der Waals surface area contributed by atoms with E-state index in [0.717, 1.165) is 18.8 Å². The van der Waals surface area contributed by atoms with Gasteiger partial charge in [-0.25, -0.2) is 4.79 Å². The minimum absolute atomic E-state index is 0.396. The van der Waals surface area contributed by atoms with Crippen LogP contribution in [0.2, 0.25) is 0 Å². The number of carbonyl (C=O) groups is 1. The smallest absolute Gasteiger partial charge is 0.332 e. The lowest BCUT2D eigenvalue weighted by Crippen LogP contribution is -2.18. The molecule has 0 amide bonds. The molecule has 2 N–H and O–H groups in total. The first-order valence-electron chi connectivity index (χ1n) is 13.0. The molecular formula is C26H52O3. The number of aliphatic hydroxyl groups excluding tert-OH is 1. The van der Waals surface area contributed by atoms with E-state index in [4.69, 9.17) is 5.11 Å². The van der Waals surface area contributed by atoms with Crippen molar-refractivity contribution in [3.8, 4) is 0 Å². The third-order valence-electron chi connectivity index (χ3n) is 6.31. The highest BCUT2D eigenvalue weighted by atomic mass is 16.4. The van der Waals surface area contributed by atoms with Gasteiger partial charge in [0.25, 0.3) is 0 Å². The van der Waals surface area contributed by atoms with Crippen molar-refractivity contribution < 1.29 is 15.0 Å². The van der Waals surface area contributed by atoms with Gasteiger partial charge in [-0.05, 0) is 12.3 Å². The molecule has 0 fully saturated rings. The lowest BCUT2D eigenvalue weighted by Gasteiger charge is -2.17. The summed E-state index contributed by atoms with van der Waals surface area (Å²) >= 11 is 0. The number of aliphatic hydroxyl groups is 1. The zero-order valence-electron chi connectivity index (χ0n) is 19.8. The van der Waals surface area contributed by atoms with Crippen LogP contribution in [0.3, 0.4) is 0 Å². The minimum atomic E-state index is -1.17. The van der Waals surface area contributed by atoms with E-state index in [1.807, 2.05) is 0 Å². The third kappa shape index (κ3) is 20.5. The lowest BCUT2D eigenvalue weighted by atomic mass is 9.89. The van der Waals surface area contributed by atoms with E-state index in [1.165, 1.54) is 116 Å². The van der Waals surface area contributed by atoms with Gasteiger partial charge in [0, 0.05) is 0 Å². The molecule has 0 heterocycles. The summed E-state index contributed by atoms with van der Waals surface area (Å²) in [5.74, 6) is -0.134. The Balaban J connectivity index is 3.73. The van der Waals surface area contributed by atoms with Gasteiger partial charge in [0.05, 0.1) is 0 Å². The summed E-state index contributed by atoms with van der Waals surface area (Å²) in [5.41, 5.74) is 0. The van der Waals surface area contributed by atoms with Crippen molar-refractivity contribution in [2.45, 2.75) is 155 Å². The predicted molar refractivity (Wildman–Crippen MR) is 125 cm³/mol. The maximum Gasteiger partial charge on any atom is 0.332 e. The Labute approximate surface area is 182 Å². The lowest BCUT2D eigenvalue weighted by molar-refractivity contribution is -0.146. The van der Waals surface area contributed by atoms with E-state index in [9.17, 15) is 9.90 Å². The average Bonchev–Trinajstić information content (AvgIpc) is 2.71. The van der Waals surface area contributed by atoms with Crippen LogP contribution in [0.15, 0.2) is 0 Å². The van der Waals surface area contributed by atoms with Gasteiger partial charge in [-0.2, -0.15) is 0 Å². The summed E-state index contributed by atoms with van der Waals surface area (Å²) in [4.78, 5) is 10.6. The Morgan fingerprint density at radius 2 is 0.862 bits per heavy atom. The maximum absolute atomic E-state index is 10.6. The van der Waals surface area contributed by atoms with Crippen LogP contribution in [0.25, 0.3) is 0 Å². The number of aliphatic carboxylic acids is 1. The molecule has 0 aliphatic carbocycles. The topological polar surface area (TPSA) is 57.5 Å². The first-order chi connectivity index (χ1) is 14.1. The zero-order chi connectivity index (χ0) is 21.6. The Kier molecular flexibility index (Phi) is 21.7. The third-order valence-corrected chi connectivity index (χ3v) is 6.31. The Morgan fingerprint density at radius 3 is 1.24 bits per heavy atom. The molecule has 0 aliphatic heterocycles. The predicted octanol–water partition coefficient (Wildman–Crippen LogP) is 8.28. The van der Waals surface area contributed by atoms with Crippen LogP contribution >= 0.6 is 0 Å². The molecule has 0 saturated carbocycles. The first kappa shape index (κ1) is 28.4. The highest BCUT2D eigenvalue weighted by Crippen LogP contribution is 2.24. The van der Waals surface area contributed by atoms with E-state index < -0.39 is 12.1 Å². The van der Waals surface area contributed by atoms with Gasteiger partial charge < -0.3 is 10.2 Å². The number of carboxylic acids is 1. The van der Waals surface area contributed by atoms with Crippen molar-refractivity contribution in [2.24, 2.45) is 5.92 Å². The Bertz CT molecular complexity index is 343. The fourth-order valence-electron chi connectivity index (χ4n) is 4.28. The van der Waals surface area contributed by atoms with Crippen molar-refractivity contribution in [1.82, 2.24) is 0 Å². The van der Waals surface area contributed by atoms with E-state index in [0.29, 0.717) is 6.42 Å². The highest BCUT2D eigenvalue weighted by molar-refractivity contribution is 5.71. The number of carboxylic acid groups (broad SMARTS) is 1. The molecule has 0 aromatic carbocycles. The van der Waals surface area contributed by atoms with Gasteiger partial charge in [-0.1, -0.05) is 142 Å². The number of hydrogen-bond acceptors (Lipinski definition) is 2. The summed E-state index contributed by atoms with van der Waals surface area (Å²) in [6, 6.07) is 0. The second kappa shape index (κ2) is 22.1. The molecule has 3 heteroatoms. The molecule has 0 radical (unpaired) electrons. The number of unbranched alkanes of at least 4 members (excludes halogenated alkanes) is 14. The van der Waals surface area contributed by atoms with Crippen LogP contribution in [0.5, 0.6) is 0 Å². The quantitative estimate of drug-likeness (QED) is 0.166. The van der Waals surface area contributed by atoms with Crippen molar-refractivity contribution in [3.63, 3.8) is 0 Å². The van der Waals surface area contributed by atoms with Gasteiger partial charge >= 0.3 is 5.97 Å². The molecular weight excluding hydrogens is 360 g/mol. The Morgan fingerprint density at radius 1 is 0.552 bits per heavy atom. The molecule has 0 spiro atoms. The highest BCUT2D eigenvalue weighted by Gasteiger charge is 2.11. The standard InChI is InChI=1S/C26H52O3/c1-3-5-7-9-13-17-21-24(20-16-8-6-4-2)22-18-14-11-10-12-15-19-23-25(27)26(28)29/h24-25,27H,3-23H2,1-2H3,(H,28,29). The van der Waals surface area contributed by atoms with Crippen LogP contribution in [0.4, 0.5) is 0 Å². The van der Waals surface area contributed by atoms with Gasteiger partial charge in [0.2, 0.25) is 0 Å². The van der Waals surface area contributed by atoms with E-state index in [2.05, 4.69) is 13.8 Å². The van der Waals surface area contributed by atoms with Crippen LogP contribution in [-0.2, 0) is 4.79 Å². The molecule has 0 aromatic rings. The molecule has 29 heavy (non-hydrogen) atoms. The number of rotatable bonds is 23. The Hall–Kier alpha value is -0.570. The molecule has 2 unspecified atom stereocenters. The van der Waals surface area contributed by atoms with E-state index in [-0.39, 0.29) is 0 Å². The van der Waals surface area contributed by atoms with Crippen molar-refractivity contribution >= 4 is 5.97 Å². The normalized spacial score (nSPS) is 13.5. The van der Waals surface area contributed by atoms with Crippen molar-refractivity contribution in [2.75, 3.05) is 0 Å². The summed E-state index contributed by atoms with van der Waals surface area (Å²) in [6.07, 6.45) is 25.9. The molecule has 2 atom stereocenters. The minimum Gasteiger partial charge on any atom is -0.479 e. The van der Waals surface area contributed by atoms with Crippen molar-refractivity contribution in [1.29, 1.82) is 0 Å². The molecule has 3 nitrogen and oxygen atoms in total. The molecule has 0 saturated heterocycles. The fourth-order valence-corrected chi connectivity index (χ4v) is 4.28. The number of hydrogen-bond donors (Lipinski definition) is 2. The zero-order valence-corrected chi connectivity index (χ0v) is 19.8. The second-order valence-corrected chi connectivity index (χ2v) is 9.18. The van der Waals surface area contributed by atoms with Crippen LogP contribution in [-0.4, -0.2) is 22.3 Å². The maximum atomic E-state index is 10.6. The van der Waals surface area contributed by atoms with Crippen molar-refractivity contribution in [3.05, 3.63) is 0 Å². The summed E-state index contributed by atoms with van der Waals surface area (Å²) in [7, 11) is 0. The van der Waals surface area contributed by atoms with Gasteiger partial charge in [0.15, 0.2) is 6.10 Å². The summed E-state index contributed by atoms with van der Waals surface area (Å²) < 4.78 is 0. The van der Waals surface area contributed by atoms with Crippen LogP contribution in [0, 0.1) is 5.92 Å². The summed E-state index contributed by atoms with van der Waals surface area (Å²) in [5, 5.41) is 17.9. The molecule has 0 bridgehead atoms. The molecule has 0 rings (SSSR count). The molecule has 0 aromatic heterocycles. The monoisotopic (exact) mass is 412 g/mol. The van der Waals surface area contributed by atoms with Crippen LogP contribution < -0.4 is 0 Å². The summed E-state index contributed by atoms with van der Waals surface area (Å²) in [6.45, 7) is 4.58. The first-order valence-corrected chi connectivity index (χ1v) is 13.0.